The van der Waals surface area contributed by atoms with Crippen LogP contribution in [-0.2, 0) is 9.59 Å². The standard InChI is InChI=1S/C15H11N3O6S/c1-2-3-17-14(20)9(13(19)16-15(17)25)4-8-5-11-12(24-7-23-11)6-10(8)18(21)22/h2,4-6H,1,3,7H2,(H,16,19,25). The SMILES string of the molecule is C=CCN1C(=O)C(=Cc2cc3c(cc2[N+](=O)[O-])OCO3)C(=O)NC1=S. The van der Waals surface area contributed by atoms with Crippen LogP contribution in [0.4, 0.5) is 5.69 Å². The largest absolute Gasteiger partial charge is 0.454 e. The van der Waals surface area contributed by atoms with Gasteiger partial charge in [0.2, 0.25) is 6.79 Å². The van der Waals surface area contributed by atoms with Crippen LogP contribution < -0.4 is 14.8 Å². The molecule has 0 saturated carbocycles. The predicted octanol–water partition coefficient (Wildman–Crippen LogP) is 1.14. The topological polar surface area (TPSA) is 111 Å². The Labute approximate surface area is 146 Å². The molecule has 1 fully saturated rings. The number of hydrogen-bond donors (Lipinski definition) is 1. The smallest absolute Gasteiger partial charge is 0.280 e. The maximum atomic E-state index is 12.5. The van der Waals surface area contributed by atoms with Crippen LogP contribution >= 0.6 is 12.2 Å². The summed E-state index contributed by atoms with van der Waals surface area (Å²) in [4.78, 5) is 36.4. The first kappa shape index (κ1) is 16.6. The first-order valence-corrected chi connectivity index (χ1v) is 7.41. The van der Waals surface area contributed by atoms with Crippen LogP contribution in [-0.4, -0.2) is 40.1 Å². The molecule has 1 aromatic carbocycles. The molecule has 0 unspecified atom stereocenters. The van der Waals surface area contributed by atoms with Gasteiger partial charge in [0.1, 0.15) is 5.57 Å². The zero-order valence-corrected chi connectivity index (χ0v) is 13.5. The third kappa shape index (κ3) is 2.94. The van der Waals surface area contributed by atoms with Crippen molar-refractivity contribution in [3.8, 4) is 11.5 Å². The molecule has 1 N–H and O–H groups in total. The zero-order chi connectivity index (χ0) is 18.1. The number of nitrogens with one attached hydrogen (secondary N) is 1. The Morgan fingerprint density at radius 3 is 2.68 bits per heavy atom. The highest BCUT2D eigenvalue weighted by Gasteiger charge is 2.33. The highest BCUT2D eigenvalue weighted by atomic mass is 32.1. The van der Waals surface area contributed by atoms with Crippen molar-refractivity contribution in [1.82, 2.24) is 10.2 Å². The molecule has 0 aliphatic carbocycles. The molecular weight excluding hydrogens is 350 g/mol. The van der Waals surface area contributed by atoms with E-state index in [1.165, 1.54) is 18.2 Å². The van der Waals surface area contributed by atoms with Crippen LogP contribution in [0.1, 0.15) is 5.56 Å². The lowest BCUT2D eigenvalue weighted by atomic mass is 10.1. The Balaban J connectivity index is 2.08. The summed E-state index contributed by atoms with van der Waals surface area (Å²) in [5, 5.41) is 13.6. The van der Waals surface area contributed by atoms with Gasteiger partial charge in [-0.15, -0.1) is 6.58 Å². The summed E-state index contributed by atoms with van der Waals surface area (Å²) >= 11 is 4.95. The fraction of sp³-hybridized carbons (Fsp3) is 0.133. The second kappa shape index (κ2) is 6.32. The van der Waals surface area contributed by atoms with Crippen molar-refractivity contribution < 1.29 is 24.0 Å². The number of thiocarbonyl (C=S) groups is 1. The maximum Gasteiger partial charge on any atom is 0.280 e. The van der Waals surface area contributed by atoms with E-state index >= 15 is 0 Å². The van der Waals surface area contributed by atoms with E-state index in [4.69, 9.17) is 21.7 Å². The minimum atomic E-state index is -0.734. The lowest BCUT2D eigenvalue weighted by Gasteiger charge is -2.27. The van der Waals surface area contributed by atoms with Gasteiger partial charge >= 0.3 is 0 Å². The van der Waals surface area contributed by atoms with E-state index in [2.05, 4.69) is 11.9 Å². The monoisotopic (exact) mass is 361 g/mol. The van der Waals surface area contributed by atoms with Crippen molar-refractivity contribution >= 4 is 40.9 Å². The van der Waals surface area contributed by atoms with Gasteiger partial charge in [-0.1, -0.05) is 6.08 Å². The predicted molar refractivity (Wildman–Crippen MR) is 89.8 cm³/mol. The number of amides is 2. The molecule has 1 aromatic rings. The summed E-state index contributed by atoms with van der Waals surface area (Å²) in [7, 11) is 0. The van der Waals surface area contributed by atoms with E-state index in [0.717, 1.165) is 11.0 Å². The molecule has 0 spiro atoms. The number of nitro benzene ring substituents is 1. The number of rotatable bonds is 4. The number of nitro groups is 1. The molecule has 25 heavy (non-hydrogen) atoms. The molecule has 0 radical (unpaired) electrons. The normalized spacial score (nSPS) is 17.7. The van der Waals surface area contributed by atoms with E-state index in [1.807, 2.05) is 0 Å². The van der Waals surface area contributed by atoms with Gasteiger partial charge in [0, 0.05) is 6.54 Å². The third-order valence-electron chi connectivity index (χ3n) is 3.52. The molecule has 128 valence electrons. The summed E-state index contributed by atoms with van der Waals surface area (Å²) in [6.45, 7) is 3.56. The Morgan fingerprint density at radius 2 is 2.04 bits per heavy atom. The molecule has 10 heteroatoms. The summed E-state index contributed by atoms with van der Waals surface area (Å²) in [5.74, 6) is -0.884. The highest BCUT2D eigenvalue weighted by molar-refractivity contribution is 7.80. The lowest BCUT2D eigenvalue weighted by Crippen LogP contribution is -2.53. The second-order valence-corrected chi connectivity index (χ2v) is 5.43. The van der Waals surface area contributed by atoms with Crippen molar-refractivity contribution in [3.63, 3.8) is 0 Å². The summed E-state index contributed by atoms with van der Waals surface area (Å²) in [5.41, 5.74) is -0.558. The van der Waals surface area contributed by atoms with E-state index < -0.39 is 16.7 Å². The molecular formula is C15H11N3O6S. The van der Waals surface area contributed by atoms with Gasteiger partial charge in [-0.3, -0.25) is 29.9 Å². The molecule has 2 aliphatic rings. The van der Waals surface area contributed by atoms with E-state index in [1.54, 1.807) is 0 Å². The number of carbonyl (C=O) groups is 2. The van der Waals surface area contributed by atoms with E-state index in [-0.39, 0.29) is 41.0 Å². The van der Waals surface area contributed by atoms with Crippen LogP contribution in [0.3, 0.4) is 0 Å². The van der Waals surface area contributed by atoms with E-state index in [0.29, 0.717) is 5.75 Å². The average molecular weight is 361 g/mol. The Hall–Kier alpha value is -3.27. The van der Waals surface area contributed by atoms with Crippen molar-refractivity contribution in [2.45, 2.75) is 0 Å². The molecule has 0 atom stereocenters. The number of nitrogens with zero attached hydrogens (tertiary/aromatic N) is 2. The molecule has 0 bridgehead atoms. The second-order valence-electron chi connectivity index (χ2n) is 5.04. The lowest BCUT2D eigenvalue weighted by molar-refractivity contribution is -0.385. The van der Waals surface area contributed by atoms with Crippen molar-refractivity contribution in [1.29, 1.82) is 0 Å². The van der Waals surface area contributed by atoms with Gasteiger partial charge in [0.15, 0.2) is 16.6 Å². The number of benzene rings is 1. The molecule has 0 aromatic heterocycles. The summed E-state index contributed by atoms with van der Waals surface area (Å²) < 4.78 is 10.3. The fourth-order valence-corrected chi connectivity index (χ4v) is 2.62. The Morgan fingerprint density at radius 1 is 1.36 bits per heavy atom. The van der Waals surface area contributed by atoms with Gasteiger partial charge in [-0.05, 0) is 24.4 Å². The summed E-state index contributed by atoms with van der Waals surface area (Å²) in [6.07, 6.45) is 2.58. The third-order valence-corrected chi connectivity index (χ3v) is 3.84. The number of hydrogen-bond acceptors (Lipinski definition) is 7. The zero-order valence-electron chi connectivity index (χ0n) is 12.7. The molecule has 9 nitrogen and oxygen atoms in total. The van der Waals surface area contributed by atoms with Crippen LogP contribution in [0.5, 0.6) is 11.5 Å². The number of carbonyl (C=O) groups excluding carboxylic acids is 2. The fourth-order valence-electron chi connectivity index (χ4n) is 2.37. The summed E-state index contributed by atoms with van der Waals surface area (Å²) in [6, 6.07) is 2.53. The van der Waals surface area contributed by atoms with Crippen molar-refractivity contribution in [3.05, 3.63) is 46.0 Å². The minimum absolute atomic E-state index is 0.0409. The quantitative estimate of drug-likeness (QED) is 0.214. The molecule has 2 heterocycles. The molecule has 2 amide bonds. The van der Waals surface area contributed by atoms with Crippen molar-refractivity contribution in [2.24, 2.45) is 0 Å². The number of fused-ring (bicyclic) bond motifs is 1. The van der Waals surface area contributed by atoms with Gasteiger partial charge < -0.3 is 9.47 Å². The average Bonchev–Trinajstić information content (AvgIpc) is 3.01. The molecule has 2 aliphatic heterocycles. The molecule has 1 saturated heterocycles. The van der Waals surface area contributed by atoms with Gasteiger partial charge in [-0.25, -0.2) is 0 Å². The van der Waals surface area contributed by atoms with Gasteiger partial charge in [0.25, 0.3) is 17.5 Å². The van der Waals surface area contributed by atoms with Crippen LogP contribution in [0.2, 0.25) is 0 Å². The van der Waals surface area contributed by atoms with Gasteiger partial charge in [-0.2, -0.15) is 0 Å². The van der Waals surface area contributed by atoms with Gasteiger partial charge in [0.05, 0.1) is 16.6 Å². The van der Waals surface area contributed by atoms with Crippen LogP contribution in [0.15, 0.2) is 30.4 Å². The first-order valence-electron chi connectivity index (χ1n) is 7.00. The highest BCUT2D eigenvalue weighted by Crippen LogP contribution is 2.38. The molecule has 3 rings (SSSR count). The van der Waals surface area contributed by atoms with Crippen molar-refractivity contribution in [2.75, 3.05) is 13.3 Å². The Kier molecular flexibility index (Phi) is 4.19. The minimum Gasteiger partial charge on any atom is -0.454 e. The number of ether oxygens (including phenoxy) is 2. The first-order chi connectivity index (χ1) is 11.9. The van der Waals surface area contributed by atoms with E-state index in [9.17, 15) is 19.7 Å². The Bertz CT molecular complexity index is 863. The maximum absolute atomic E-state index is 12.5. The van der Waals surface area contributed by atoms with Crippen LogP contribution in [0, 0.1) is 10.1 Å². The van der Waals surface area contributed by atoms with Crippen LogP contribution in [0.25, 0.3) is 6.08 Å².